The molecule has 0 bridgehead atoms. The highest BCUT2D eigenvalue weighted by molar-refractivity contribution is 5.36. The number of nitro benzene ring substituents is 1. The molecule has 8 heteroatoms. The van der Waals surface area contributed by atoms with Crippen LogP contribution in [-0.2, 0) is 0 Å². The van der Waals surface area contributed by atoms with Crippen LogP contribution < -0.4 is 0 Å². The Balaban J connectivity index is 3.11. The van der Waals surface area contributed by atoms with Crippen LogP contribution in [0.4, 0.5) is 23.2 Å². The molecule has 0 aromatic heterocycles. The molecule has 0 aliphatic heterocycles. The lowest BCUT2D eigenvalue weighted by Crippen LogP contribution is -2.20. The Hall–Kier alpha value is -1.70. The Labute approximate surface area is 86.3 Å². The van der Waals surface area contributed by atoms with Gasteiger partial charge in [0.2, 0.25) is 5.82 Å². The monoisotopic (exact) mass is 239 g/mol. The molecule has 0 spiro atoms. The SMILES string of the molecule is O=[N+]([O-])c1ccc([C@H](O)C(F)(F)F)cc1F. The summed E-state index contributed by atoms with van der Waals surface area (Å²) in [7, 11) is 0. The molecule has 0 amide bonds. The number of aliphatic hydroxyl groups is 1. The maximum Gasteiger partial charge on any atom is 0.418 e. The van der Waals surface area contributed by atoms with Crippen molar-refractivity contribution < 1.29 is 27.6 Å². The van der Waals surface area contributed by atoms with Crippen LogP contribution in [0.2, 0.25) is 0 Å². The molecule has 1 aromatic rings. The highest BCUT2D eigenvalue weighted by Crippen LogP contribution is 2.33. The van der Waals surface area contributed by atoms with Crippen LogP contribution in [0.1, 0.15) is 11.7 Å². The van der Waals surface area contributed by atoms with E-state index in [0.29, 0.717) is 12.1 Å². The fraction of sp³-hybridized carbons (Fsp3) is 0.250. The van der Waals surface area contributed by atoms with E-state index in [9.17, 15) is 27.7 Å². The number of nitro groups is 1. The molecule has 4 nitrogen and oxygen atoms in total. The Morgan fingerprint density at radius 2 is 1.94 bits per heavy atom. The molecular weight excluding hydrogens is 234 g/mol. The van der Waals surface area contributed by atoms with Crippen LogP contribution in [0.25, 0.3) is 0 Å². The summed E-state index contributed by atoms with van der Waals surface area (Å²) >= 11 is 0. The van der Waals surface area contributed by atoms with Gasteiger partial charge in [-0.3, -0.25) is 10.1 Å². The first kappa shape index (κ1) is 12.4. The summed E-state index contributed by atoms with van der Waals surface area (Å²) in [6, 6.07) is 1.51. The molecular formula is C8H5F4NO3. The van der Waals surface area contributed by atoms with Crippen LogP contribution in [0.5, 0.6) is 0 Å². The maximum absolute atomic E-state index is 12.9. The number of benzene rings is 1. The topological polar surface area (TPSA) is 63.4 Å². The minimum atomic E-state index is -4.94. The first-order valence-corrected chi connectivity index (χ1v) is 3.92. The second-order valence-electron chi connectivity index (χ2n) is 2.91. The van der Waals surface area contributed by atoms with Crippen LogP contribution in [0.15, 0.2) is 18.2 Å². The Bertz CT molecular complexity index is 418. The molecule has 88 valence electrons. The van der Waals surface area contributed by atoms with Gasteiger partial charge in [-0.25, -0.2) is 0 Å². The van der Waals surface area contributed by atoms with Gasteiger partial charge in [-0.2, -0.15) is 17.6 Å². The van der Waals surface area contributed by atoms with Crippen LogP contribution >= 0.6 is 0 Å². The number of nitrogens with zero attached hydrogens (tertiary/aromatic N) is 1. The van der Waals surface area contributed by atoms with Gasteiger partial charge in [0.15, 0.2) is 6.10 Å². The number of alkyl halides is 3. The summed E-state index contributed by atoms with van der Waals surface area (Å²) in [6.45, 7) is 0. The van der Waals surface area contributed by atoms with E-state index in [1.165, 1.54) is 0 Å². The predicted molar refractivity (Wildman–Crippen MR) is 44.1 cm³/mol. The minimum Gasteiger partial charge on any atom is -0.379 e. The average molecular weight is 239 g/mol. The minimum absolute atomic E-state index is 0.288. The summed E-state index contributed by atoms with van der Waals surface area (Å²) in [4.78, 5) is 9.11. The fourth-order valence-electron chi connectivity index (χ4n) is 1.03. The fourth-order valence-corrected chi connectivity index (χ4v) is 1.03. The van der Waals surface area contributed by atoms with E-state index in [1.54, 1.807) is 0 Å². The van der Waals surface area contributed by atoms with E-state index < -0.39 is 34.3 Å². The molecule has 0 fully saturated rings. The third-order valence-electron chi connectivity index (χ3n) is 1.79. The van der Waals surface area contributed by atoms with E-state index >= 15 is 0 Å². The van der Waals surface area contributed by atoms with Crippen molar-refractivity contribution >= 4 is 5.69 Å². The number of hydrogen-bond acceptors (Lipinski definition) is 3. The van der Waals surface area contributed by atoms with Crippen molar-refractivity contribution in [3.8, 4) is 0 Å². The first-order chi connectivity index (χ1) is 7.23. The van der Waals surface area contributed by atoms with Crippen molar-refractivity contribution in [2.45, 2.75) is 12.3 Å². The van der Waals surface area contributed by atoms with Crippen LogP contribution in [-0.4, -0.2) is 16.2 Å². The quantitative estimate of drug-likeness (QED) is 0.489. The van der Waals surface area contributed by atoms with Crippen molar-refractivity contribution in [1.82, 2.24) is 0 Å². The number of hydrogen-bond donors (Lipinski definition) is 1. The lowest BCUT2D eigenvalue weighted by molar-refractivity contribution is -0.387. The Morgan fingerprint density at radius 1 is 1.38 bits per heavy atom. The summed E-state index contributed by atoms with van der Waals surface area (Å²) in [5, 5.41) is 18.9. The third-order valence-corrected chi connectivity index (χ3v) is 1.79. The Kier molecular flexibility index (Phi) is 3.13. The largest absolute Gasteiger partial charge is 0.418 e. The molecule has 0 saturated carbocycles. The first-order valence-electron chi connectivity index (χ1n) is 3.92. The van der Waals surface area contributed by atoms with Crippen molar-refractivity contribution in [3.05, 3.63) is 39.7 Å². The molecule has 0 saturated heterocycles. The molecule has 1 N–H and O–H groups in total. The van der Waals surface area contributed by atoms with Gasteiger partial charge in [-0.15, -0.1) is 0 Å². The van der Waals surface area contributed by atoms with E-state index in [0.717, 1.165) is 0 Å². The van der Waals surface area contributed by atoms with Gasteiger partial charge >= 0.3 is 11.9 Å². The van der Waals surface area contributed by atoms with Crippen LogP contribution in [0, 0.1) is 15.9 Å². The zero-order valence-corrected chi connectivity index (χ0v) is 7.53. The standard InChI is InChI=1S/C8H5F4NO3/c9-5-3-4(7(14)8(10,11)12)1-2-6(5)13(15)16/h1-3,7,14H/t7-/m0/s1. The normalized spacial score (nSPS) is 13.6. The highest BCUT2D eigenvalue weighted by atomic mass is 19.4. The lowest BCUT2D eigenvalue weighted by Gasteiger charge is -2.14. The van der Waals surface area contributed by atoms with E-state index in [1.807, 2.05) is 0 Å². The Morgan fingerprint density at radius 3 is 2.31 bits per heavy atom. The zero-order valence-electron chi connectivity index (χ0n) is 7.53. The van der Waals surface area contributed by atoms with Gasteiger partial charge in [0, 0.05) is 6.07 Å². The zero-order chi connectivity index (χ0) is 12.5. The molecule has 0 heterocycles. The van der Waals surface area contributed by atoms with Gasteiger partial charge in [-0.1, -0.05) is 0 Å². The predicted octanol–water partition coefficient (Wildman–Crippen LogP) is 2.33. The van der Waals surface area contributed by atoms with Crippen molar-refractivity contribution in [1.29, 1.82) is 0 Å². The van der Waals surface area contributed by atoms with Gasteiger partial charge in [-0.05, 0) is 17.7 Å². The second-order valence-corrected chi connectivity index (χ2v) is 2.91. The molecule has 0 aliphatic rings. The number of rotatable bonds is 2. The smallest absolute Gasteiger partial charge is 0.379 e. The number of aliphatic hydroxyl groups excluding tert-OH is 1. The van der Waals surface area contributed by atoms with Gasteiger partial charge in [0.05, 0.1) is 4.92 Å². The summed E-state index contributed by atoms with van der Waals surface area (Å²) in [5.74, 6) is -1.43. The van der Waals surface area contributed by atoms with Crippen molar-refractivity contribution in [2.24, 2.45) is 0 Å². The maximum atomic E-state index is 12.9. The summed E-state index contributed by atoms with van der Waals surface area (Å²) in [5.41, 5.74) is -1.73. The second kappa shape index (κ2) is 4.05. The lowest BCUT2D eigenvalue weighted by atomic mass is 10.1. The molecule has 0 radical (unpaired) electrons. The summed E-state index contributed by atoms with van der Waals surface area (Å²) in [6.07, 6.45) is -7.80. The van der Waals surface area contributed by atoms with Crippen molar-refractivity contribution in [3.63, 3.8) is 0 Å². The molecule has 0 unspecified atom stereocenters. The van der Waals surface area contributed by atoms with E-state index in [-0.39, 0.29) is 6.07 Å². The van der Waals surface area contributed by atoms with Crippen LogP contribution in [0.3, 0.4) is 0 Å². The van der Waals surface area contributed by atoms with Gasteiger partial charge < -0.3 is 5.11 Å². The summed E-state index contributed by atoms with van der Waals surface area (Å²) < 4.78 is 49.0. The third kappa shape index (κ3) is 2.45. The van der Waals surface area contributed by atoms with Gasteiger partial charge in [0.25, 0.3) is 0 Å². The molecule has 16 heavy (non-hydrogen) atoms. The molecule has 1 atom stereocenters. The highest BCUT2D eigenvalue weighted by Gasteiger charge is 2.39. The molecule has 1 aromatic carbocycles. The van der Waals surface area contributed by atoms with E-state index in [4.69, 9.17) is 5.11 Å². The average Bonchev–Trinajstić information content (AvgIpc) is 2.14. The number of halogens is 4. The molecule has 0 aliphatic carbocycles. The molecule has 1 rings (SSSR count). The van der Waals surface area contributed by atoms with Crippen molar-refractivity contribution in [2.75, 3.05) is 0 Å². The van der Waals surface area contributed by atoms with E-state index in [2.05, 4.69) is 0 Å². The van der Waals surface area contributed by atoms with Gasteiger partial charge in [0.1, 0.15) is 0 Å².